The highest BCUT2D eigenvalue weighted by molar-refractivity contribution is 5.62. The van der Waals surface area contributed by atoms with Crippen molar-refractivity contribution in [2.24, 2.45) is 0 Å². The van der Waals surface area contributed by atoms with Gasteiger partial charge in [-0.1, -0.05) is 18.2 Å². The molecule has 10 heteroatoms. The van der Waals surface area contributed by atoms with Gasteiger partial charge < -0.3 is 14.4 Å². The normalized spacial score (nSPS) is 14.2. The van der Waals surface area contributed by atoms with Gasteiger partial charge in [0.2, 0.25) is 11.7 Å². The predicted octanol–water partition coefficient (Wildman–Crippen LogP) is 3.52. The number of ether oxygens (including phenoxy) is 2. The minimum absolute atomic E-state index is 0.151. The first-order chi connectivity index (χ1) is 16.1. The first-order valence-electron chi connectivity index (χ1n) is 10.6. The van der Waals surface area contributed by atoms with Crippen LogP contribution in [0.5, 0.6) is 5.75 Å². The molecule has 0 spiro atoms. The van der Waals surface area contributed by atoms with E-state index >= 15 is 0 Å². The molecule has 0 N–H and O–H groups in total. The highest BCUT2D eigenvalue weighted by Gasteiger charge is 2.17. The van der Waals surface area contributed by atoms with Gasteiger partial charge in [0, 0.05) is 61.0 Å². The molecule has 1 aliphatic rings. The standard InChI is InChI=1S/C23H22F2N6O2/c1-15-19(10-16-4-2-3-5-20(16)33-21(24)25)31-14-18(13-28-23(31)29-15)17-11-26-22(27-12-17)30-6-8-32-9-7-30/h2-5,11-14,21H,6-10H2,1H3. The lowest BCUT2D eigenvalue weighted by Gasteiger charge is -2.26. The van der Waals surface area contributed by atoms with Gasteiger partial charge in [0.15, 0.2) is 0 Å². The number of benzene rings is 1. The van der Waals surface area contributed by atoms with E-state index in [-0.39, 0.29) is 5.75 Å². The molecule has 1 aromatic carbocycles. The predicted molar refractivity (Wildman–Crippen MR) is 118 cm³/mol. The number of imidazole rings is 1. The molecule has 0 bridgehead atoms. The summed E-state index contributed by atoms with van der Waals surface area (Å²) in [5.41, 5.74) is 3.90. The third kappa shape index (κ3) is 4.47. The van der Waals surface area contributed by atoms with Gasteiger partial charge >= 0.3 is 6.61 Å². The molecule has 5 rings (SSSR count). The summed E-state index contributed by atoms with van der Waals surface area (Å²) in [4.78, 5) is 20.1. The molecule has 4 heterocycles. The number of halogens is 2. The van der Waals surface area contributed by atoms with E-state index < -0.39 is 6.61 Å². The molecule has 0 saturated carbocycles. The summed E-state index contributed by atoms with van der Waals surface area (Å²) < 4.78 is 37.6. The average Bonchev–Trinajstić information content (AvgIpc) is 3.15. The molecule has 0 unspecified atom stereocenters. The Morgan fingerprint density at radius 3 is 2.52 bits per heavy atom. The van der Waals surface area contributed by atoms with Gasteiger partial charge in [-0.3, -0.25) is 4.40 Å². The molecule has 0 aliphatic carbocycles. The number of aromatic nitrogens is 5. The van der Waals surface area contributed by atoms with E-state index in [1.165, 1.54) is 6.07 Å². The van der Waals surface area contributed by atoms with Crippen molar-refractivity contribution in [3.8, 4) is 16.9 Å². The van der Waals surface area contributed by atoms with Crippen LogP contribution in [0.4, 0.5) is 14.7 Å². The van der Waals surface area contributed by atoms with Crippen molar-refractivity contribution in [3.63, 3.8) is 0 Å². The monoisotopic (exact) mass is 452 g/mol. The van der Waals surface area contributed by atoms with Crippen LogP contribution < -0.4 is 9.64 Å². The second kappa shape index (κ2) is 9.07. The zero-order valence-electron chi connectivity index (χ0n) is 18.0. The van der Waals surface area contributed by atoms with Crippen molar-refractivity contribution in [1.82, 2.24) is 24.3 Å². The lowest BCUT2D eigenvalue weighted by molar-refractivity contribution is -0.0503. The number of nitrogens with zero attached hydrogens (tertiary/aromatic N) is 6. The molecule has 1 aliphatic heterocycles. The van der Waals surface area contributed by atoms with Crippen LogP contribution in [0.15, 0.2) is 49.1 Å². The quantitative estimate of drug-likeness (QED) is 0.443. The van der Waals surface area contributed by atoms with Gasteiger partial charge in [0.1, 0.15) is 5.75 Å². The minimum atomic E-state index is -2.89. The Morgan fingerprint density at radius 1 is 1.03 bits per heavy atom. The second-order valence-corrected chi connectivity index (χ2v) is 7.69. The van der Waals surface area contributed by atoms with Crippen molar-refractivity contribution >= 4 is 11.7 Å². The molecule has 1 saturated heterocycles. The fraction of sp³-hybridized carbons (Fsp3) is 0.304. The molecular formula is C23H22F2N6O2. The zero-order chi connectivity index (χ0) is 22.8. The number of rotatable bonds is 6. The van der Waals surface area contributed by atoms with Crippen LogP contribution in [0.3, 0.4) is 0 Å². The van der Waals surface area contributed by atoms with E-state index in [9.17, 15) is 8.78 Å². The number of hydrogen-bond donors (Lipinski definition) is 0. The van der Waals surface area contributed by atoms with Crippen molar-refractivity contribution in [1.29, 1.82) is 0 Å². The Balaban J connectivity index is 1.46. The van der Waals surface area contributed by atoms with Crippen LogP contribution >= 0.6 is 0 Å². The first kappa shape index (κ1) is 21.2. The van der Waals surface area contributed by atoms with Crippen LogP contribution in [0.25, 0.3) is 16.9 Å². The molecule has 3 aromatic heterocycles. The third-order valence-electron chi connectivity index (χ3n) is 5.59. The van der Waals surface area contributed by atoms with Crippen LogP contribution in [0.2, 0.25) is 0 Å². The number of para-hydroxylation sites is 1. The number of alkyl halides is 2. The van der Waals surface area contributed by atoms with Crippen LogP contribution in [0, 0.1) is 6.92 Å². The Bertz CT molecular complexity index is 1260. The lowest BCUT2D eigenvalue weighted by atomic mass is 10.1. The molecular weight excluding hydrogens is 430 g/mol. The van der Waals surface area contributed by atoms with Gasteiger partial charge in [-0.05, 0) is 13.0 Å². The summed E-state index contributed by atoms with van der Waals surface area (Å²) in [5.74, 6) is 1.35. The largest absolute Gasteiger partial charge is 0.435 e. The maximum Gasteiger partial charge on any atom is 0.387 e. The highest BCUT2D eigenvalue weighted by Crippen LogP contribution is 2.26. The molecule has 33 heavy (non-hydrogen) atoms. The molecule has 1 fully saturated rings. The fourth-order valence-corrected chi connectivity index (χ4v) is 3.89. The Labute approximate surface area is 188 Å². The summed E-state index contributed by atoms with van der Waals surface area (Å²) in [6.45, 7) is 1.85. The van der Waals surface area contributed by atoms with E-state index in [0.717, 1.165) is 35.6 Å². The van der Waals surface area contributed by atoms with Crippen molar-refractivity contribution in [2.45, 2.75) is 20.0 Å². The van der Waals surface area contributed by atoms with E-state index in [0.29, 0.717) is 36.9 Å². The van der Waals surface area contributed by atoms with Gasteiger partial charge in [-0.25, -0.2) is 19.9 Å². The maximum atomic E-state index is 12.8. The van der Waals surface area contributed by atoms with Crippen LogP contribution in [-0.2, 0) is 11.2 Å². The van der Waals surface area contributed by atoms with E-state index in [2.05, 4.69) is 24.8 Å². The van der Waals surface area contributed by atoms with Gasteiger partial charge in [-0.2, -0.15) is 8.78 Å². The Kier molecular flexibility index (Phi) is 5.82. The smallest absolute Gasteiger partial charge is 0.387 e. The number of hydrogen-bond acceptors (Lipinski definition) is 7. The number of anilines is 1. The lowest BCUT2D eigenvalue weighted by Crippen LogP contribution is -2.37. The Hall–Kier alpha value is -3.66. The summed E-state index contributed by atoms with van der Waals surface area (Å²) in [5, 5.41) is 0. The molecule has 0 amide bonds. The summed E-state index contributed by atoms with van der Waals surface area (Å²) in [6, 6.07) is 6.77. The van der Waals surface area contributed by atoms with Crippen molar-refractivity contribution < 1.29 is 18.3 Å². The minimum Gasteiger partial charge on any atom is -0.435 e. The number of aryl methyl sites for hydroxylation is 1. The topological polar surface area (TPSA) is 77.7 Å². The molecule has 8 nitrogen and oxygen atoms in total. The van der Waals surface area contributed by atoms with Crippen LogP contribution in [-0.4, -0.2) is 57.3 Å². The first-order valence-corrected chi connectivity index (χ1v) is 10.6. The van der Waals surface area contributed by atoms with Crippen LogP contribution in [0.1, 0.15) is 17.0 Å². The second-order valence-electron chi connectivity index (χ2n) is 7.69. The van der Waals surface area contributed by atoms with Gasteiger partial charge in [-0.15, -0.1) is 0 Å². The summed E-state index contributed by atoms with van der Waals surface area (Å²) >= 11 is 0. The molecule has 170 valence electrons. The van der Waals surface area contributed by atoms with Gasteiger partial charge in [0.05, 0.1) is 24.6 Å². The zero-order valence-corrected chi connectivity index (χ0v) is 18.0. The third-order valence-corrected chi connectivity index (χ3v) is 5.59. The van der Waals surface area contributed by atoms with E-state index in [1.807, 2.05) is 17.5 Å². The van der Waals surface area contributed by atoms with Crippen molar-refractivity contribution in [2.75, 3.05) is 31.2 Å². The highest BCUT2D eigenvalue weighted by atomic mass is 19.3. The number of fused-ring (bicyclic) bond motifs is 1. The summed E-state index contributed by atoms with van der Waals surface area (Å²) in [7, 11) is 0. The molecule has 0 atom stereocenters. The number of morpholine rings is 1. The fourth-order valence-electron chi connectivity index (χ4n) is 3.89. The van der Waals surface area contributed by atoms with Crippen molar-refractivity contribution in [3.05, 3.63) is 66.0 Å². The Morgan fingerprint density at radius 2 is 1.76 bits per heavy atom. The average molecular weight is 452 g/mol. The maximum absolute atomic E-state index is 12.8. The van der Waals surface area contributed by atoms with E-state index in [1.54, 1.807) is 36.8 Å². The summed E-state index contributed by atoms with van der Waals surface area (Å²) in [6.07, 6.45) is 7.56. The molecule has 0 radical (unpaired) electrons. The van der Waals surface area contributed by atoms with E-state index in [4.69, 9.17) is 9.47 Å². The SMILES string of the molecule is Cc1nc2ncc(-c3cnc(N4CCOCC4)nc3)cn2c1Cc1ccccc1OC(F)F. The van der Waals surface area contributed by atoms with Gasteiger partial charge in [0.25, 0.3) is 0 Å². The molecule has 4 aromatic rings.